The maximum Gasteiger partial charge on any atom is 0.251 e. The minimum atomic E-state index is -0.926. The number of nitrogens with one attached hydrogen (secondary N) is 1. The molecule has 1 heterocycles. The van der Waals surface area contributed by atoms with Gasteiger partial charge >= 0.3 is 0 Å². The Labute approximate surface area is 138 Å². The topological polar surface area (TPSA) is 64.4 Å². The number of rotatable bonds is 4. The Hall–Kier alpha value is -2.31. The molecule has 0 aliphatic carbocycles. The quantitative estimate of drug-likeness (QED) is 0.905. The van der Waals surface area contributed by atoms with Crippen LogP contribution in [0.15, 0.2) is 42.5 Å². The van der Waals surface area contributed by atoms with Gasteiger partial charge in [0.2, 0.25) is 0 Å². The molecule has 0 bridgehead atoms. The zero-order valence-electron chi connectivity index (χ0n) is 13.0. The van der Waals surface area contributed by atoms with Gasteiger partial charge in [0.15, 0.2) is 11.6 Å². The second-order valence-corrected chi connectivity index (χ2v) is 5.73. The minimum Gasteiger partial charge on any atom is -0.371 e. The summed E-state index contributed by atoms with van der Waals surface area (Å²) in [6.07, 6.45) is 0.114. The molecule has 1 saturated heterocycles. The molecule has 24 heavy (non-hydrogen) atoms. The van der Waals surface area contributed by atoms with Crippen LogP contribution in [0.5, 0.6) is 0 Å². The Morgan fingerprint density at radius 2 is 1.92 bits per heavy atom. The fraction of sp³-hybridized carbons (Fsp3) is 0.278. The fourth-order valence-corrected chi connectivity index (χ4v) is 2.80. The molecule has 1 aliphatic heterocycles. The smallest absolute Gasteiger partial charge is 0.251 e. The normalized spacial score (nSPS) is 20.1. The number of hydrogen-bond acceptors (Lipinski definition) is 3. The Kier molecular flexibility index (Phi) is 4.87. The molecular weight excluding hydrogens is 314 g/mol. The van der Waals surface area contributed by atoms with Gasteiger partial charge < -0.3 is 15.8 Å². The third-order valence-electron chi connectivity index (χ3n) is 4.13. The lowest BCUT2D eigenvalue weighted by atomic mass is 10.0. The van der Waals surface area contributed by atoms with Crippen LogP contribution in [0.2, 0.25) is 0 Å². The van der Waals surface area contributed by atoms with E-state index in [-0.39, 0.29) is 11.9 Å². The molecule has 2 aromatic rings. The van der Waals surface area contributed by atoms with Gasteiger partial charge in [0.25, 0.3) is 5.91 Å². The van der Waals surface area contributed by atoms with Gasteiger partial charge in [0, 0.05) is 18.7 Å². The van der Waals surface area contributed by atoms with Gasteiger partial charge in [-0.2, -0.15) is 0 Å². The summed E-state index contributed by atoms with van der Waals surface area (Å²) in [7, 11) is 0. The van der Waals surface area contributed by atoms with Gasteiger partial charge in [0.1, 0.15) is 6.10 Å². The summed E-state index contributed by atoms with van der Waals surface area (Å²) in [4.78, 5) is 12.4. The number of ether oxygens (including phenoxy) is 1. The van der Waals surface area contributed by atoms with Crippen LogP contribution in [-0.2, 0) is 11.3 Å². The number of nitrogens with two attached hydrogens (primary N) is 1. The van der Waals surface area contributed by atoms with Gasteiger partial charge in [-0.15, -0.1) is 0 Å². The van der Waals surface area contributed by atoms with Crippen molar-refractivity contribution >= 4 is 5.91 Å². The summed E-state index contributed by atoms with van der Waals surface area (Å²) in [5.74, 6) is -2.07. The summed E-state index contributed by atoms with van der Waals surface area (Å²) >= 11 is 0. The molecule has 1 aliphatic rings. The molecule has 2 aromatic carbocycles. The van der Waals surface area contributed by atoms with E-state index in [0.717, 1.165) is 17.7 Å². The largest absolute Gasteiger partial charge is 0.371 e. The molecule has 4 nitrogen and oxygen atoms in total. The zero-order chi connectivity index (χ0) is 17.1. The lowest BCUT2D eigenvalue weighted by Crippen LogP contribution is -2.36. The second-order valence-electron chi connectivity index (χ2n) is 5.73. The predicted molar refractivity (Wildman–Crippen MR) is 85.3 cm³/mol. The van der Waals surface area contributed by atoms with Crippen LogP contribution in [0.4, 0.5) is 8.78 Å². The van der Waals surface area contributed by atoms with Crippen molar-refractivity contribution < 1.29 is 18.3 Å². The Morgan fingerprint density at radius 3 is 2.58 bits per heavy atom. The van der Waals surface area contributed by atoms with Crippen LogP contribution in [0.3, 0.4) is 0 Å². The van der Waals surface area contributed by atoms with Crippen LogP contribution in [0, 0.1) is 11.6 Å². The average Bonchev–Trinajstić information content (AvgIpc) is 3.05. The van der Waals surface area contributed by atoms with E-state index < -0.39 is 17.7 Å². The van der Waals surface area contributed by atoms with E-state index in [2.05, 4.69) is 5.32 Å². The van der Waals surface area contributed by atoms with Crippen molar-refractivity contribution in [2.75, 3.05) is 6.61 Å². The van der Waals surface area contributed by atoms with E-state index in [4.69, 9.17) is 10.5 Å². The molecule has 6 heteroatoms. The first-order valence-corrected chi connectivity index (χ1v) is 7.75. The molecule has 0 aromatic heterocycles. The van der Waals surface area contributed by atoms with Crippen molar-refractivity contribution in [3.63, 3.8) is 0 Å². The zero-order valence-corrected chi connectivity index (χ0v) is 13.0. The molecule has 0 saturated carbocycles. The van der Waals surface area contributed by atoms with Crippen molar-refractivity contribution in [1.29, 1.82) is 0 Å². The van der Waals surface area contributed by atoms with Crippen molar-refractivity contribution in [3.8, 4) is 0 Å². The third-order valence-corrected chi connectivity index (χ3v) is 4.13. The summed E-state index contributed by atoms with van der Waals surface area (Å²) in [6.45, 7) is 0.858. The molecule has 126 valence electrons. The molecule has 1 amide bonds. The lowest BCUT2D eigenvalue weighted by Gasteiger charge is -2.20. The molecule has 0 radical (unpaired) electrons. The number of carbonyl (C=O) groups is 1. The molecule has 0 spiro atoms. The summed E-state index contributed by atoms with van der Waals surface area (Å²) in [5, 5.41) is 2.90. The summed E-state index contributed by atoms with van der Waals surface area (Å²) < 4.78 is 32.1. The number of amides is 1. The first-order valence-electron chi connectivity index (χ1n) is 7.75. The van der Waals surface area contributed by atoms with Crippen LogP contribution in [-0.4, -0.2) is 18.6 Å². The van der Waals surface area contributed by atoms with Crippen molar-refractivity contribution in [2.24, 2.45) is 5.73 Å². The van der Waals surface area contributed by atoms with Gasteiger partial charge in [-0.05, 0) is 41.8 Å². The van der Waals surface area contributed by atoms with E-state index in [1.165, 1.54) is 6.07 Å². The highest BCUT2D eigenvalue weighted by atomic mass is 19.2. The second kappa shape index (κ2) is 7.07. The number of benzene rings is 2. The van der Waals surface area contributed by atoms with Crippen LogP contribution in [0.1, 0.15) is 34.0 Å². The molecule has 2 atom stereocenters. The number of carbonyl (C=O) groups excluding carboxylic acids is 1. The lowest BCUT2D eigenvalue weighted by molar-refractivity contribution is 0.0820. The molecular formula is C18H18F2N2O2. The SMILES string of the molecule is NCc1ccc(C(=O)NC2CCOC2c2ccc(F)c(F)c2)cc1. The van der Waals surface area contributed by atoms with E-state index >= 15 is 0 Å². The number of hydrogen-bond donors (Lipinski definition) is 2. The highest BCUT2D eigenvalue weighted by Gasteiger charge is 2.31. The summed E-state index contributed by atoms with van der Waals surface area (Å²) in [6, 6.07) is 10.4. The summed E-state index contributed by atoms with van der Waals surface area (Å²) in [5.41, 5.74) is 7.51. The van der Waals surface area contributed by atoms with Crippen LogP contribution >= 0.6 is 0 Å². The molecule has 1 fully saturated rings. The third kappa shape index (κ3) is 3.44. The van der Waals surface area contributed by atoms with Gasteiger partial charge in [-0.25, -0.2) is 8.78 Å². The fourth-order valence-electron chi connectivity index (χ4n) is 2.80. The van der Waals surface area contributed by atoms with E-state index in [0.29, 0.717) is 30.7 Å². The van der Waals surface area contributed by atoms with Crippen molar-refractivity contribution in [1.82, 2.24) is 5.32 Å². The average molecular weight is 332 g/mol. The Balaban J connectivity index is 1.73. The first kappa shape index (κ1) is 16.5. The van der Waals surface area contributed by atoms with Gasteiger partial charge in [-0.3, -0.25) is 4.79 Å². The first-order chi connectivity index (χ1) is 11.6. The van der Waals surface area contributed by atoms with Gasteiger partial charge in [-0.1, -0.05) is 18.2 Å². The predicted octanol–water partition coefficient (Wildman–Crippen LogP) is 2.68. The van der Waals surface area contributed by atoms with Gasteiger partial charge in [0.05, 0.1) is 6.04 Å². The van der Waals surface area contributed by atoms with Crippen molar-refractivity contribution in [2.45, 2.75) is 25.1 Å². The minimum absolute atomic E-state index is 0.235. The van der Waals surface area contributed by atoms with Crippen LogP contribution < -0.4 is 11.1 Å². The standard InChI is InChI=1S/C18H18F2N2O2/c19-14-6-5-13(9-15(14)20)17-16(7-8-24-17)22-18(23)12-3-1-11(10-21)2-4-12/h1-6,9,16-17H,7-8,10,21H2,(H,22,23). The highest BCUT2D eigenvalue weighted by Crippen LogP contribution is 2.30. The Morgan fingerprint density at radius 1 is 1.17 bits per heavy atom. The van der Waals surface area contributed by atoms with E-state index in [9.17, 15) is 13.6 Å². The maximum atomic E-state index is 13.4. The molecule has 2 unspecified atom stereocenters. The van der Waals surface area contributed by atoms with E-state index in [1.54, 1.807) is 24.3 Å². The highest BCUT2D eigenvalue weighted by molar-refractivity contribution is 5.94. The maximum absolute atomic E-state index is 13.4. The molecule has 3 N–H and O–H groups in total. The number of halogens is 2. The van der Waals surface area contributed by atoms with Crippen LogP contribution in [0.25, 0.3) is 0 Å². The molecule has 3 rings (SSSR count). The Bertz CT molecular complexity index is 734. The van der Waals surface area contributed by atoms with Crippen molar-refractivity contribution in [3.05, 3.63) is 70.8 Å². The van der Waals surface area contributed by atoms with E-state index in [1.807, 2.05) is 0 Å². The monoisotopic (exact) mass is 332 g/mol.